The number of aryl methyl sites for hydroxylation is 2. The summed E-state index contributed by atoms with van der Waals surface area (Å²) in [7, 11) is 0.0968. The Hall–Kier alpha value is -2.78. The molecule has 8 nitrogen and oxygen atoms in total. The van der Waals surface area contributed by atoms with E-state index in [9.17, 15) is 8.42 Å². The SMILES string of the molecule is Cc1noc(C)c1S(=O)(=O)N1CCCC(c2nc(N(C)C)ncc2-c2ccccc2)C1. The average molecular weight is 442 g/mol. The Morgan fingerprint density at radius 3 is 2.55 bits per heavy atom. The minimum absolute atomic E-state index is 0.0408. The van der Waals surface area contributed by atoms with Gasteiger partial charge < -0.3 is 9.42 Å². The molecule has 2 aromatic heterocycles. The first-order chi connectivity index (χ1) is 14.8. The molecule has 1 saturated heterocycles. The highest BCUT2D eigenvalue weighted by Gasteiger charge is 2.36. The highest BCUT2D eigenvalue weighted by molar-refractivity contribution is 7.89. The molecule has 31 heavy (non-hydrogen) atoms. The highest BCUT2D eigenvalue weighted by atomic mass is 32.2. The standard InChI is InChI=1S/C22H27N5O3S/c1-15-21(16(2)30-25-15)31(28,29)27-12-8-11-18(14-27)20-19(17-9-6-5-7-10-17)13-23-22(24-20)26(3)4/h5-7,9-10,13,18H,8,11-12,14H2,1-4H3. The van der Waals surface area contributed by atoms with Gasteiger partial charge in [-0.25, -0.2) is 18.4 Å². The van der Waals surface area contributed by atoms with E-state index >= 15 is 0 Å². The Bertz CT molecular complexity index is 1160. The molecule has 0 amide bonds. The predicted octanol–water partition coefficient (Wildman–Crippen LogP) is 3.38. The van der Waals surface area contributed by atoms with Gasteiger partial charge in [-0.05, 0) is 32.3 Å². The number of benzene rings is 1. The quantitative estimate of drug-likeness (QED) is 0.599. The van der Waals surface area contributed by atoms with Crippen LogP contribution in [0.2, 0.25) is 0 Å². The van der Waals surface area contributed by atoms with Crippen LogP contribution in [0.3, 0.4) is 0 Å². The fraction of sp³-hybridized carbons (Fsp3) is 0.409. The lowest BCUT2D eigenvalue weighted by Crippen LogP contribution is -2.39. The molecule has 0 spiro atoms. The largest absolute Gasteiger partial charge is 0.360 e. The number of hydrogen-bond acceptors (Lipinski definition) is 7. The molecule has 9 heteroatoms. The van der Waals surface area contributed by atoms with Gasteiger partial charge in [-0.3, -0.25) is 0 Å². The third-order valence-corrected chi connectivity index (χ3v) is 7.74. The number of nitrogens with zero attached hydrogens (tertiary/aromatic N) is 5. The van der Waals surface area contributed by atoms with Crippen molar-refractivity contribution in [3.8, 4) is 11.1 Å². The molecule has 0 N–H and O–H groups in total. The molecule has 0 saturated carbocycles. The first-order valence-electron chi connectivity index (χ1n) is 10.3. The van der Waals surface area contributed by atoms with Crippen molar-refractivity contribution in [1.82, 2.24) is 19.4 Å². The van der Waals surface area contributed by atoms with Crippen molar-refractivity contribution in [2.24, 2.45) is 0 Å². The molecule has 1 fully saturated rings. The lowest BCUT2D eigenvalue weighted by molar-refractivity contribution is 0.312. The van der Waals surface area contributed by atoms with Gasteiger partial charge in [0.15, 0.2) is 5.76 Å². The Morgan fingerprint density at radius 1 is 1.16 bits per heavy atom. The van der Waals surface area contributed by atoms with Gasteiger partial charge in [0.2, 0.25) is 16.0 Å². The van der Waals surface area contributed by atoms with Gasteiger partial charge in [-0.2, -0.15) is 4.31 Å². The zero-order valence-corrected chi connectivity index (χ0v) is 19.1. The van der Waals surface area contributed by atoms with Crippen LogP contribution < -0.4 is 4.90 Å². The Morgan fingerprint density at radius 2 is 1.90 bits per heavy atom. The van der Waals surface area contributed by atoms with Crippen molar-refractivity contribution in [2.45, 2.75) is 37.5 Å². The van der Waals surface area contributed by atoms with Crippen LogP contribution in [0.4, 0.5) is 5.95 Å². The number of anilines is 1. The van der Waals surface area contributed by atoms with Crippen molar-refractivity contribution in [3.63, 3.8) is 0 Å². The van der Waals surface area contributed by atoms with Crippen molar-refractivity contribution >= 4 is 16.0 Å². The van der Waals surface area contributed by atoms with Crippen LogP contribution in [-0.4, -0.2) is 55.0 Å². The van der Waals surface area contributed by atoms with E-state index in [0.29, 0.717) is 30.5 Å². The molecule has 1 aliphatic rings. The number of sulfonamides is 1. The lowest BCUT2D eigenvalue weighted by atomic mass is 9.91. The molecule has 164 valence electrons. The monoisotopic (exact) mass is 441 g/mol. The first-order valence-corrected chi connectivity index (χ1v) is 11.8. The van der Waals surface area contributed by atoms with Crippen LogP contribution in [-0.2, 0) is 10.0 Å². The van der Waals surface area contributed by atoms with Crippen LogP contribution in [0.25, 0.3) is 11.1 Å². The molecular formula is C22H27N5O3S. The summed E-state index contributed by atoms with van der Waals surface area (Å²) in [5.74, 6) is 0.891. The van der Waals surface area contributed by atoms with Crippen molar-refractivity contribution < 1.29 is 12.9 Å². The van der Waals surface area contributed by atoms with E-state index in [0.717, 1.165) is 29.7 Å². The molecule has 0 aliphatic carbocycles. The second-order valence-corrected chi connectivity index (χ2v) is 9.96. The molecule has 3 aromatic rings. The summed E-state index contributed by atoms with van der Waals surface area (Å²) in [5.41, 5.74) is 3.23. The normalized spacial score (nSPS) is 17.6. The van der Waals surface area contributed by atoms with Crippen LogP contribution >= 0.6 is 0 Å². The van der Waals surface area contributed by atoms with Crippen LogP contribution in [0.15, 0.2) is 45.9 Å². The van der Waals surface area contributed by atoms with Gasteiger partial charge in [-0.1, -0.05) is 35.5 Å². The molecular weight excluding hydrogens is 414 g/mol. The summed E-state index contributed by atoms with van der Waals surface area (Å²) in [6.07, 6.45) is 3.45. The average Bonchev–Trinajstić information content (AvgIpc) is 3.12. The summed E-state index contributed by atoms with van der Waals surface area (Å²) >= 11 is 0. The van der Waals surface area contributed by atoms with Gasteiger partial charge >= 0.3 is 0 Å². The van der Waals surface area contributed by atoms with E-state index in [4.69, 9.17) is 9.51 Å². The van der Waals surface area contributed by atoms with Gasteiger partial charge in [0, 0.05) is 44.9 Å². The Labute approximate surface area is 183 Å². The predicted molar refractivity (Wildman–Crippen MR) is 119 cm³/mol. The maximum atomic E-state index is 13.4. The summed E-state index contributed by atoms with van der Waals surface area (Å²) in [6.45, 7) is 4.12. The Balaban J connectivity index is 1.74. The van der Waals surface area contributed by atoms with Crippen molar-refractivity contribution in [1.29, 1.82) is 0 Å². The van der Waals surface area contributed by atoms with Gasteiger partial charge in [-0.15, -0.1) is 0 Å². The van der Waals surface area contributed by atoms with Crippen LogP contribution in [0, 0.1) is 13.8 Å². The fourth-order valence-electron chi connectivity index (χ4n) is 4.11. The smallest absolute Gasteiger partial charge is 0.248 e. The number of aromatic nitrogens is 3. The zero-order valence-electron chi connectivity index (χ0n) is 18.2. The molecule has 0 radical (unpaired) electrons. The molecule has 1 unspecified atom stereocenters. The van der Waals surface area contributed by atoms with Gasteiger partial charge in [0.25, 0.3) is 0 Å². The van der Waals surface area contributed by atoms with E-state index in [1.807, 2.05) is 55.5 Å². The molecule has 4 rings (SSSR count). The number of hydrogen-bond donors (Lipinski definition) is 0. The lowest BCUT2D eigenvalue weighted by Gasteiger charge is -2.32. The second kappa shape index (κ2) is 8.39. The molecule has 0 bridgehead atoms. The molecule has 3 heterocycles. The Kier molecular flexibility index (Phi) is 5.81. The van der Waals surface area contributed by atoms with E-state index in [1.165, 1.54) is 0 Å². The first kappa shape index (κ1) is 21.5. The third-order valence-electron chi connectivity index (χ3n) is 5.63. The molecule has 1 aliphatic heterocycles. The second-order valence-electron chi connectivity index (χ2n) is 8.08. The summed E-state index contributed by atoms with van der Waals surface area (Å²) in [5, 5.41) is 3.83. The van der Waals surface area contributed by atoms with Crippen molar-refractivity contribution in [3.05, 3.63) is 53.7 Å². The molecule has 1 atom stereocenters. The fourth-order valence-corrected chi connectivity index (χ4v) is 5.92. The summed E-state index contributed by atoms with van der Waals surface area (Å²) in [4.78, 5) is 11.4. The van der Waals surface area contributed by atoms with Crippen LogP contribution in [0.1, 0.15) is 35.9 Å². The minimum atomic E-state index is -3.70. The maximum absolute atomic E-state index is 13.4. The topological polar surface area (TPSA) is 92.4 Å². The van der Waals surface area contributed by atoms with E-state index < -0.39 is 10.0 Å². The van der Waals surface area contributed by atoms with E-state index in [1.54, 1.807) is 18.2 Å². The number of piperidine rings is 1. The summed E-state index contributed by atoms with van der Waals surface area (Å²) < 4.78 is 33.4. The zero-order chi connectivity index (χ0) is 22.2. The minimum Gasteiger partial charge on any atom is -0.360 e. The number of rotatable bonds is 5. The van der Waals surface area contributed by atoms with Gasteiger partial charge in [0.1, 0.15) is 10.6 Å². The van der Waals surface area contributed by atoms with Crippen molar-refractivity contribution in [2.75, 3.05) is 32.1 Å². The maximum Gasteiger partial charge on any atom is 0.248 e. The highest BCUT2D eigenvalue weighted by Crippen LogP contribution is 2.36. The van der Waals surface area contributed by atoms with E-state index in [2.05, 4.69) is 10.1 Å². The molecule has 1 aromatic carbocycles. The summed E-state index contributed by atoms with van der Waals surface area (Å²) in [6, 6.07) is 9.98. The third kappa shape index (κ3) is 4.07. The van der Waals surface area contributed by atoms with E-state index in [-0.39, 0.29) is 10.8 Å². The van der Waals surface area contributed by atoms with Gasteiger partial charge in [0.05, 0.1) is 5.69 Å². The van der Waals surface area contributed by atoms with Crippen LogP contribution in [0.5, 0.6) is 0 Å².